The lowest BCUT2D eigenvalue weighted by Crippen LogP contribution is -2.06. The molecule has 2 rings (SSSR count). The summed E-state index contributed by atoms with van der Waals surface area (Å²) in [6, 6.07) is 14.7. The van der Waals surface area contributed by atoms with Crippen LogP contribution >= 0.6 is 23.5 Å². The van der Waals surface area contributed by atoms with Crippen LogP contribution in [0.3, 0.4) is 0 Å². The van der Waals surface area contributed by atoms with Crippen LogP contribution in [0.15, 0.2) is 53.4 Å². The van der Waals surface area contributed by atoms with E-state index < -0.39 is 0 Å². The smallest absolute Gasteiger partial charge is 0.339 e. The summed E-state index contributed by atoms with van der Waals surface area (Å²) in [4.78, 5) is 12.7. The zero-order valence-electron chi connectivity index (χ0n) is 10.9. The molecule has 104 valence electrons. The van der Waals surface area contributed by atoms with Crippen LogP contribution in [-0.4, -0.2) is 12.6 Å². The highest BCUT2D eigenvalue weighted by molar-refractivity contribution is 8.00. The number of carbonyl (C=O) groups excluding carboxylic acids is 1. The van der Waals surface area contributed by atoms with Crippen LogP contribution in [0.2, 0.25) is 5.02 Å². The molecule has 0 bridgehead atoms. The van der Waals surface area contributed by atoms with Crippen LogP contribution in [0.1, 0.15) is 17.3 Å². The Kier molecular flexibility index (Phi) is 5.32. The number of nitrogens with one attached hydrogen (secondary N) is 1. The summed E-state index contributed by atoms with van der Waals surface area (Å²) < 4.78 is 8.21. The van der Waals surface area contributed by atoms with E-state index in [0.29, 0.717) is 17.2 Å². The van der Waals surface area contributed by atoms with Gasteiger partial charge in [0.05, 0.1) is 12.2 Å². The zero-order valence-corrected chi connectivity index (χ0v) is 12.5. The topological polar surface area (TPSA) is 38.3 Å². The Balaban J connectivity index is 2.09. The Morgan fingerprint density at radius 1 is 1.20 bits per heavy atom. The molecule has 0 saturated carbocycles. The molecule has 3 nitrogen and oxygen atoms in total. The fourth-order valence-corrected chi connectivity index (χ4v) is 2.46. The third-order valence-electron chi connectivity index (χ3n) is 2.51. The van der Waals surface area contributed by atoms with E-state index in [2.05, 4.69) is 4.72 Å². The molecule has 0 radical (unpaired) electrons. The second kappa shape index (κ2) is 7.22. The van der Waals surface area contributed by atoms with Crippen LogP contribution < -0.4 is 4.72 Å². The lowest BCUT2D eigenvalue weighted by molar-refractivity contribution is 0.0522. The van der Waals surface area contributed by atoms with E-state index in [-0.39, 0.29) is 5.97 Å². The third-order valence-corrected chi connectivity index (χ3v) is 3.67. The summed E-state index contributed by atoms with van der Waals surface area (Å²) in [7, 11) is 0. The minimum Gasteiger partial charge on any atom is -0.462 e. The van der Waals surface area contributed by atoms with Crippen molar-refractivity contribution >= 4 is 35.2 Å². The molecule has 0 aromatic heterocycles. The first-order chi connectivity index (χ1) is 9.70. The van der Waals surface area contributed by atoms with Crippen LogP contribution in [0.25, 0.3) is 0 Å². The maximum Gasteiger partial charge on any atom is 0.339 e. The van der Waals surface area contributed by atoms with Crippen LogP contribution in [0.5, 0.6) is 0 Å². The number of ether oxygens (including phenoxy) is 1. The number of carbonyl (C=O) groups is 1. The van der Waals surface area contributed by atoms with Crippen molar-refractivity contribution in [2.75, 3.05) is 11.3 Å². The number of esters is 1. The van der Waals surface area contributed by atoms with Crippen molar-refractivity contribution in [2.24, 2.45) is 0 Å². The highest BCUT2D eigenvalue weighted by atomic mass is 35.5. The van der Waals surface area contributed by atoms with E-state index in [4.69, 9.17) is 16.3 Å². The molecule has 0 aliphatic rings. The molecule has 0 aliphatic carbocycles. The van der Waals surface area contributed by atoms with Gasteiger partial charge in [-0.05, 0) is 55.3 Å². The van der Waals surface area contributed by atoms with Crippen LogP contribution in [-0.2, 0) is 4.74 Å². The average molecular weight is 308 g/mol. The predicted molar refractivity (Wildman–Crippen MR) is 83.3 cm³/mol. The molecule has 0 atom stereocenters. The van der Waals surface area contributed by atoms with Gasteiger partial charge in [-0.25, -0.2) is 4.79 Å². The molecule has 5 heteroatoms. The summed E-state index contributed by atoms with van der Waals surface area (Å²) in [5.41, 5.74) is 1.47. The number of hydrogen-bond donors (Lipinski definition) is 1. The summed E-state index contributed by atoms with van der Waals surface area (Å²) in [5.74, 6) is -0.312. The molecule has 0 fully saturated rings. The van der Waals surface area contributed by atoms with E-state index in [1.54, 1.807) is 13.0 Å². The molecule has 0 aliphatic heterocycles. The van der Waals surface area contributed by atoms with Crippen molar-refractivity contribution in [2.45, 2.75) is 11.8 Å². The molecule has 20 heavy (non-hydrogen) atoms. The van der Waals surface area contributed by atoms with Gasteiger partial charge >= 0.3 is 5.97 Å². The first kappa shape index (κ1) is 14.8. The van der Waals surface area contributed by atoms with E-state index in [9.17, 15) is 4.79 Å². The van der Waals surface area contributed by atoms with Crippen molar-refractivity contribution in [3.63, 3.8) is 0 Å². The predicted octanol–water partition coefficient (Wildman–Crippen LogP) is 4.64. The molecule has 0 spiro atoms. The van der Waals surface area contributed by atoms with Crippen molar-refractivity contribution in [3.05, 3.63) is 59.1 Å². The van der Waals surface area contributed by atoms with Gasteiger partial charge in [0.15, 0.2) is 0 Å². The Morgan fingerprint density at radius 3 is 2.60 bits per heavy atom. The van der Waals surface area contributed by atoms with Gasteiger partial charge in [0.25, 0.3) is 0 Å². The number of rotatable bonds is 5. The maximum atomic E-state index is 11.8. The number of anilines is 1. The standard InChI is InChI=1S/C15H14ClNO2S/c1-2-19-15(18)13-5-3-4-6-14(13)20-17-12-9-7-11(16)8-10-12/h3-10,17H,2H2,1H3. The normalized spacial score (nSPS) is 10.1. The van der Waals surface area contributed by atoms with Gasteiger partial charge in [-0.3, -0.25) is 0 Å². The van der Waals surface area contributed by atoms with E-state index in [0.717, 1.165) is 10.6 Å². The Morgan fingerprint density at radius 2 is 1.90 bits per heavy atom. The van der Waals surface area contributed by atoms with Gasteiger partial charge in [-0.2, -0.15) is 0 Å². The quantitative estimate of drug-likeness (QED) is 0.645. The number of hydrogen-bond acceptors (Lipinski definition) is 4. The van der Waals surface area contributed by atoms with E-state index in [1.165, 1.54) is 11.9 Å². The summed E-state index contributed by atoms with van der Waals surface area (Å²) in [6.07, 6.45) is 0. The van der Waals surface area contributed by atoms with Gasteiger partial charge in [-0.1, -0.05) is 23.7 Å². The second-order valence-corrected chi connectivity index (χ2v) is 5.21. The zero-order chi connectivity index (χ0) is 14.4. The highest BCUT2D eigenvalue weighted by Crippen LogP contribution is 2.25. The highest BCUT2D eigenvalue weighted by Gasteiger charge is 2.12. The second-order valence-electron chi connectivity index (χ2n) is 3.93. The minimum atomic E-state index is -0.312. The monoisotopic (exact) mass is 307 g/mol. The van der Waals surface area contributed by atoms with Crippen molar-refractivity contribution < 1.29 is 9.53 Å². The first-order valence-electron chi connectivity index (χ1n) is 6.15. The van der Waals surface area contributed by atoms with Crippen molar-refractivity contribution in [1.29, 1.82) is 0 Å². The van der Waals surface area contributed by atoms with Gasteiger partial charge in [0.2, 0.25) is 0 Å². The summed E-state index contributed by atoms with van der Waals surface area (Å²) >= 11 is 7.20. The molecular weight excluding hydrogens is 294 g/mol. The maximum absolute atomic E-state index is 11.8. The fraction of sp³-hybridized carbons (Fsp3) is 0.133. The lowest BCUT2D eigenvalue weighted by atomic mass is 10.2. The average Bonchev–Trinajstić information content (AvgIpc) is 2.47. The van der Waals surface area contributed by atoms with Crippen LogP contribution in [0.4, 0.5) is 5.69 Å². The Labute approximate surface area is 127 Å². The SMILES string of the molecule is CCOC(=O)c1ccccc1SNc1ccc(Cl)cc1. The van der Waals surface area contributed by atoms with Crippen molar-refractivity contribution in [1.82, 2.24) is 0 Å². The van der Waals surface area contributed by atoms with E-state index in [1.807, 2.05) is 42.5 Å². The fourth-order valence-electron chi connectivity index (χ4n) is 1.56. The number of benzene rings is 2. The summed E-state index contributed by atoms with van der Waals surface area (Å²) in [6.45, 7) is 2.15. The first-order valence-corrected chi connectivity index (χ1v) is 7.34. The van der Waals surface area contributed by atoms with Crippen molar-refractivity contribution in [3.8, 4) is 0 Å². The molecule has 2 aromatic carbocycles. The molecule has 0 unspecified atom stereocenters. The Hall–Kier alpha value is -1.65. The molecular formula is C15H14ClNO2S. The summed E-state index contributed by atoms with van der Waals surface area (Å²) in [5, 5.41) is 0.687. The molecule has 2 aromatic rings. The minimum absolute atomic E-state index is 0.312. The van der Waals surface area contributed by atoms with Gasteiger partial charge < -0.3 is 9.46 Å². The lowest BCUT2D eigenvalue weighted by Gasteiger charge is -2.09. The largest absolute Gasteiger partial charge is 0.462 e. The Bertz CT molecular complexity index is 587. The third kappa shape index (κ3) is 3.92. The van der Waals surface area contributed by atoms with E-state index >= 15 is 0 Å². The van der Waals surface area contributed by atoms with Gasteiger partial charge in [0, 0.05) is 15.6 Å². The number of halogens is 1. The van der Waals surface area contributed by atoms with Gasteiger partial charge in [0.1, 0.15) is 0 Å². The van der Waals surface area contributed by atoms with Crippen LogP contribution in [0, 0.1) is 0 Å². The molecule has 0 saturated heterocycles. The molecule has 1 N–H and O–H groups in total. The molecule has 0 amide bonds. The van der Waals surface area contributed by atoms with Gasteiger partial charge in [-0.15, -0.1) is 0 Å². The molecule has 0 heterocycles.